The Hall–Kier alpha value is -1.01. The Labute approximate surface area is 133 Å². The van der Waals surface area contributed by atoms with Gasteiger partial charge in [0.05, 0.1) is 29.2 Å². The molecule has 5 nitrogen and oxygen atoms in total. The number of urea groups is 1. The maximum atomic E-state index is 11.9. The zero-order chi connectivity index (χ0) is 15.5. The summed E-state index contributed by atoms with van der Waals surface area (Å²) >= 11 is 12.1. The van der Waals surface area contributed by atoms with Gasteiger partial charge in [-0.25, -0.2) is 4.79 Å². The maximum absolute atomic E-state index is 11.9. The molecule has 0 aliphatic carbocycles. The molecule has 2 atom stereocenters. The number of hydrogen-bond donors (Lipinski definition) is 3. The van der Waals surface area contributed by atoms with Gasteiger partial charge in [-0.05, 0) is 18.6 Å². The summed E-state index contributed by atoms with van der Waals surface area (Å²) in [5, 5.41) is 16.3. The van der Waals surface area contributed by atoms with Gasteiger partial charge in [-0.1, -0.05) is 35.3 Å². The third-order valence-corrected chi connectivity index (χ3v) is 4.29. The molecule has 7 heteroatoms. The first-order valence-corrected chi connectivity index (χ1v) is 7.45. The fourth-order valence-corrected chi connectivity index (χ4v) is 2.63. The second kappa shape index (κ2) is 6.83. The second-order valence-corrected chi connectivity index (χ2v) is 6.00. The second-order valence-electron chi connectivity index (χ2n) is 5.22. The molecule has 116 valence electrons. The standard InChI is InChI=1S/C14H18Cl2N2O3/c1-9(10-3-2-4-11(15)12(10)16)18-13(19)17-7-14(20)5-6-21-8-14/h2-4,9,20H,5-8H2,1H3,(H2,17,18,19)/t9-,14-/m1/s1. The highest BCUT2D eigenvalue weighted by Crippen LogP contribution is 2.29. The van der Waals surface area contributed by atoms with Crippen LogP contribution in [0.4, 0.5) is 4.79 Å². The quantitative estimate of drug-likeness (QED) is 0.793. The topological polar surface area (TPSA) is 70.6 Å². The average Bonchev–Trinajstić information content (AvgIpc) is 2.87. The molecule has 3 N–H and O–H groups in total. The first kappa shape index (κ1) is 16.4. The minimum absolute atomic E-state index is 0.148. The van der Waals surface area contributed by atoms with Gasteiger partial charge in [0.15, 0.2) is 0 Å². The van der Waals surface area contributed by atoms with Crippen molar-refractivity contribution in [1.29, 1.82) is 0 Å². The number of rotatable bonds is 4. The normalized spacial score (nSPS) is 22.9. The molecule has 1 aliphatic rings. The molecular formula is C14H18Cl2N2O3. The lowest BCUT2D eigenvalue weighted by Crippen LogP contribution is -2.47. The van der Waals surface area contributed by atoms with Crippen LogP contribution in [-0.2, 0) is 4.74 Å². The molecule has 21 heavy (non-hydrogen) atoms. The average molecular weight is 333 g/mol. The van der Waals surface area contributed by atoms with Gasteiger partial charge in [-0.3, -0.25) is 0 Å². The predicted octanol–water partition coefficient (Wildman–Crippen LogP) is 2.51. The number of nitrogens with one attached hydrogen (secondary N) is 2. The van der Waals surface area contributed by atoms with Crippen molar-refractivity contribution in [3.05, 3.63) is 33.8 Å². The van der Waals surface area contributed by atoms with Crippen molar-refractivity contribution in [2.24, 2.45) is 0 Å². The summed E-state index contributed by atoms with van der Waals surface area (Å²) in [7, 11) is 0. The fraction of sp³-hybridized carbons (Fsp3) is 0.500. The Morgan fingerprint density at radius 3 is 2.95 bits per heavy atom. The van der Waals surface area contributed by atoms with Crippen LogP contribution in [0.2, 0.25) is 10.0 Å². The summed E-state index contributed by atoms with van der Waals surface area (Å²) in [6, 6.07) is 4.59. The fourth-order valence-electron chi connectivity index (χ4n) is 2.16. The first-order chi connectivity index (χ1) is 9.91. The lowest BCUT2D eigenvalue weighted by Gasteiger charge is -2.22. The molecule has 0 saturated carbocycles. The van der Waals surface area contributed by atoms with Gasteiger partial charge >= 0.3 is 6.03 Å². The van der Waals surface area contributed by atoms with E-state index in [9.17, 15) is 9.90 Å². The Morgan fingerprint density at radius 2 is 2.29 bits per heavy atom. The Balaban J connectivity index is 1.88. The highest BCUT2D eigenvalue weighted by Gasteiger charge is 2.32. The van der Waals surface area contributed by atoms with Gasteiger partial charge in [0.2, 0.25) is 0 Å². The maximum Gasteiger partial charge on any atom is 0.315 e. The van der Waals surface area contributed by atoms with Gasteiger partial charge in [-0.15, -0.1) is 0 Å². The van der Waals surface area contributed by atoms with E-state index in [2.05, 4.69) is 10.6 Å². The highest BCUT2D eigenvalue weighted by atomic mass is 35.5. The zero-order valence-electron chi connectivity index (χ0n) is 11.7. The molecule has 0 spiro atoms. The molecule has 2 amide bonds. The van der Waals surface area contributed by atoms with Crippen LogP contribution < -0.4 is 10.6 Å². The van der Waals surface area contributed by atoms with Gasteiger partial charge in [0.1, 0.15) is 5.60 Å². The van der Waals surface area contributed by atoms with Crippen LogP contribution in [0.5, 0.6) is 0 Å². The molecular weight excluding hydrogens is 315 g/mol. The van der Waals surface area contributed by atoms with Crippen molar-refractivity contribution < 1.29 is 14.6 Å². The molecule has 2 rings (SSSR count). The molecule has 1 aliphatic heterocycles. The van der Waals surface area contributed by atoms with Crippen LogP contribution in [-0.4, -0.2) is 36.5 Å². The first-order valence-electron chi connectivity index (χ1n) is 6.70. The smallest absolute Gasteiger partial charge is 0.315 e. The van der Waals surface area contributed by atoms with E-state index in [1.54, 1.807) is 18.2 Å². The molecule has 1 aromatic carbocycles. The lowest BCUT2D eigenvalue weighted by molar-refractivity contribution is 0.0291. The van der Waals surface area contributed by atoms with Crippen molar-refractivity contribution in [1.82, 2.24) is 10.6 Å². The minimum Gasteiger partial charge on any atom is -0.386 e. The number of hydrogen-bond acceptors (Lipinski definition) is 3. The summed E-state index contributed by atoms with van der Waals surface area (Å²) < 4.78 is 5.12. The van der Waals surface area contributed by atoms with Gasteiger partial charge in [0, 0.05) is 13.0 Å². The summed E-state index contributed by atoms with van der Waals surface area (Å²) in [5.74, 6) is 0. The van der Waals surface area contributed by atoms with E-state index >= 15 is 0 Å². The molecule has 1 fully saturated rings. The van der Waals surface area contributed by atoms with Crippen LogP contribution in [0.25, 0.3) is 0 Å². The third-order valence-electron chi connectivity index (χ3n) is 3.46. The van der Waals surface area contributed by atoms with Crippen LogP contribution in [0.3, 0.4) is 0 Å². The molecule has 0 unspecified atom stereocenters. The third kappa shape index (κ3) is 4.23. The largest absolute Gasteiger partial charge is 0.386 e. The Bertz CT molecular complexity index is 519. The minimum atomic E-state index is -0.978. The Morgan fingerprint density at radius 1 is 1.52 bits per heavy atom. The summed E-state index contributed by atoms with van der Waals surface area (Å²) in [6.07, 6.45) is 0.517. The van der Waals surface area contributed by atoms with E-state index in [0.29, 0.717) is 23.1 Å². The van der Waals surface area contributed by atoms with Crippen molar-refractivity contribution in [3.8, 4) is 0 Å². The zero-order valence-corrected chi connectivity index (χ0v) is 13.2. The van der Waals surface area contributed by atoms with Crippen molar-refractivity contribution in [3.63, 3.8) is 0 Å². The van der Waals surface area contributed by atoms with Crippen molar-refractivity contribution in [2.45, 2.75) is 25.0 Å². The summed E-state index contributed by atoms with van der Waals surface area (Å²) in [4.78, 5) is 11.9. The number of benzene rings is 1. The van der Waals surface area contributed by atoms with Gasteiger partial charge < -0.3 is 20.5 Å². The lowest BCUT2D eigenvalue weighted by atomic mass is 10.0. The Kier molecular flexibility index (Phi) is 5.32. The SMILES string of the molecule is C[C@@H](NC(=O)NC[C@]1(O)CCOC1)c1cccc(Cl)c1Cl. The van der Waals surface area contributed by atoms with Gasteiger partial charge in [-0.2, -0.15) is 0 Å². The van der Waals surface area contributed by atoms with Crippen LogP contribution in [0, 0.1) is 0 Å². The molecule has 1 saturated heterocycles. The number of carbonyl (C=O) groups excluding carboxylic acids is 1. The summed E-state index contributed by atoms with van der Waals surface area (Å²) in [6.45, 7) is 2.70. The van der Waals surface area contributed by atoms with Crippen LogP contribution >= 0.6 is 23.2 Å². The van der Waals surface area contributed by atoms with Crippen molar-refractivity contribution >= 4 is 29.2 Å². The monoisotopic (exact) mass is 332 g/mol. The molecule has 0 aromatic heterocycles. The van der Waals surface area contributed by atoms with E-state index in [1.165, 1.54) is 0 Å². The van der Waals surface area contributed by atoms with E-state index in [0.717, 1.165) is 5.56 Å². The van der Waals surface area contributed by atoms with E-state index in [-0.39, 0.29) is 25.2 Å². The van der Waals surface area contributed by atoms with E-state index in [4.69, 9.17) is 27.9 Å². The van der Waals surface area contributed by atoms with E-state index < -0.39 is 5.60 Å². The number of ether oxygens (including phenoxy) is 1. The number of halogens is 2. The molecule has 0 bridgehead atoms. The van der Waals surface area contributed by atoms with Crippen LogP contribution in [0.15, 0.2) is 18.2 Å². The van der Waals surface area contributed by atoms with Crippen LogP contribution in [0.1, 0.15) is 24.9 Å². The molecule has 1 aromatic rings. The summed E-state index contributed by atoms with van der Waals surface area (Å²) in [5.41, 5.74) is -0.240. The molecule has 0 radical (unpaired) electrons. The highest BCUT2D eigenvalue weighted by molar-refractivity contribution is 6.42. The van der Waals surface area contributed by atoms with Crippen molar-refractivity contribution in [2.75, 3.05) is 19.8 Å². The molecule has 1 heterocycles. The number of carbonyl (C=O) groups is 1. The number of amides is 2. The number of aliphatic hydroxyl groups is 1. The predicted molar refractivity (Wildman–Crippen MR) is 81.8 cm³/mol. The van der Waals surface area contributed by atoms with Gasteiger partial charge in [0.25, 0.3) is 0 Å². The van der Waals surface area contributed by atoms with E-state index in [1.807, 2.05) is 6.92 Å².